The first-order chi connectivity index (χ1) is 16.5. The number of esters is 1. The second-order valence-electron chi connectivity index (χ2n) is 7.44. The van der Waals surface area contributed by atoms with E-state index in [-0.39, 0.29) is 5.91 Å². The number of thiazole rings is 1. The Hall–Kier alpha value is -4.30. The Morgan fingerprint density at radius 1 is 1.00 bits per heavy atom. The number of benzene rings is 3. The van der Waals surface area contributed by atoms with Gasteiger partial charge in [0.05, 0.1) is 28.0 Å². The third-order valence-corrected chi connectivity index (χ3v) is 6.13. The molecule has 0 aliphatic rings. The predicted molar refractivity (Wildman–Crippen MR) is 131 cm³/mol. The van der Waals surface area contributed by atoms with E-state index < -0.39 is 11.6 Å². The molecule has 1 amide bonds. The van der Waals surface area contributed by atoms with E-state index in [0.29, 0.717) is 45.1 Å². The molecule has 8 heteroatoms. The molecule has 0 bridgehead atoms. The van der Waals surface area contributed by atoms with Gasteiger partial charge in [-0.2, -0.15) is 0 Å². The van der Waals surface area contributed by atoms with Crippen LogP contribution in [0.15, 0.2) is 82.0 Å². The minimum absolute atomic E-state index is 0.293. The van der Waals surface area contributed by atoms with Crippen LogP contribution in [0.1, 0.15) is 27.6 Å². The van der Waals surface area contributed by atoms with Gasteiger partial charge < -0.3 is 9.15 Å². The second kappa shape index (κ2) is 8.92. The van der Waals surface area contributed by atoms with Gasteiger partial charge in [0.25, 0.3) is 5.91 Å². The van der Waals surface area contributed by atoms with Crippen LogP contribution in [0.2, 0.25) is 0 Å². The molecule has 168 valence electrons. The zero-order chi connectivity index (χ0) is 23.7. The molecule has 1 N–H and O–H groups in total. The number of aromatic nitrogens is 1. The first kappa shape index (κ1) is 21.5. The molecule has 7 nitrogen and oxygen atoms in total. The van der Waals surface area contributed by atoms with Crippen molar-refractivity contribution in [3.8, 4) is 11.1 Å². The van der Waals surface area contributed by atoms with Crippen LogP contribution in [-0.4, -0.2) is 23.5 Å². The Kier molecular flexibility index (Phi) is 5.65. The topological polar surface area (TPSA) is 98.5 Å². The normalized spacial score (nSPS) is 11.0. The summed E-state index contributed by atoms with van der Waals surface area (Å²) < 4.78 is 11.2. The summed E-state index contributed by atoms with van der Waals surface area (Å²) in [5.41, 5.74) is 2.45. The molecule has 0 saturated heterocycles. The third kappa shape index (κ3) is 4.18. The Balaban J connectivity index is 1.41. The van der Waals surface area contributed by atoms with Crippen LogP contribution < -0.4 is 10.9 Å². The van der Waals surface area contributed by atoms with Gasteiger partial charge in [-0.15, -0.1) is 0 Å². The summed E-state index contributed by atoms with van der Waals surface area (Å²) in [5, 5.41) is 3.99. The van der Waals surface area contributed by atoms with E-state index in [9.17, 15) is 14.4 Å². The van der Waals surface area contributed by atoms with Gasteiger partial charge >= 0.3 is 11.6 Å². The number of amides is 1. The number of nitrogens with zero attached hydrogens (tertiary/aromatic N) is 1. The van der Waals surface area contributed by atoms with Crippen molar-refractivity contribution in [3.63, 3.8) is 0 Å². The summed E-state index contributed by atoms with van der Waals surface area (Å²) in [6.45, 7) is 2.04. The van der Waals surface area contributed by atoms with Crippen LogP contribution >= 0.6 is 11.3 Å². The van der Waals surface area contributed by atoms with Crippen LogP contribution in [0, 0.1) is 0 Å². The number of hydrogen-bond donors (Lipinski definition) is 1. The van der Waals surface area contributed by atoms with Crippen LogP contribution in [0.3, 0.4) is 0 Å². The molecule has 2 aromatic heterocycles. The first-order valence-electron chi connectivity index (χ1n) is 10.5. The van der Waals surface area contributed by atoms with Gasteiger partial charge in [0.2, 0.25) is 0 Å². The number of rotatable bonds is 5. The molecule has 3 aromatic carbocycles. The van der Waals surface area contributed by atoms with E-state index in [4.69, 9.17) is 9.15 Å². The summed E-state index contributed by atoms with van der Waals surface area (Å²) in [5.74, 6) is -0.768. The molecule has 0 saturated carbocycles. The molecule has 34 heavy (non-hydrogen) atoms. The van der Waals surface area contributed by atoms with Gasteiger partial charge in [0.15, 0.2) is 5.13 Å². The van der Waals surface area contributed by atoms with Crippen LogP contribution in [0.25, 0.3) is 32.3 Å². The zero-order valence-corrected chi connectivity index (χ0v) is 18.8. The molecule has 0 aliphatic carbocycles. The lowest BCUT2D eigenvalue weighted by Crippen LogP contribution is -2.12. The van der Waals surface area contributed by atoms with Gasteiger partial charge in [0, 0.05) is 10.9 Å². The van der Waals surface area contributed by atoms with E-state index >= 15 is 0 Å². The highest BCUT2D eigenvalue weighted by Gasteiger charge is 2.15. The predicted octanol–water partition coefficient (Wildman–Crippen LogP) is 5.50. The number of fused-ring (bicyclic) bond motifs is 2. The van der Waals surface area contributed by atoms with Gasteiger partial charge in [-0.1, -0.05) is 41.7 Å². The van der Waals surface area contributed by atoms with Gasteiger partial charge in [-0.25, -0.2) is 14.6 Å². The number of hydrogen-bond acceptors (Lipinski definition) is 7. The molecular weight excluding hydrogens is 452 g/mol. The van der Waals surface area contributed by atoms with Crippen molar-refractivity contribution in [2.75, 3.05) is 11.9 Å². The second-order valence-corrected chi connectivity index (χ2v) is 8.47. The van der Waals surface area contributed by atoms with E-state index in [1.54, 1.807) is 67.6 Å². The summed E-state index contributed by atoms with van der Waals surface area (Å²) >= 11 is 1.26. The fraction of sp³-hybridized carbons (Fsp3) is 0.0769. The summed E-state index contributed by atoms with van der Waals surface area (Å²) in [7, 11) is 0. The third-order valence-electron chi connectivity index (χ3n) is 5.20. The summed E-state index contributed by atoms with van der Waals surface area (Å²) in [6.07, 6.45) is 0. The lowest BCUT2D eigenvalue weighted by molar-refractivity contribution is 0.0526. The van der Waals surface area contributed by atoms with Crippen molar-refractivity contribution < 1.29 is 18.7 Å². The lowest BCUT2D eigenvalue weighted by Gasteiger charge is -2.06. The zero-order valence-electron chi connectivity index (χ0n) is 18.0. The molecule has 0 atom stereocenters. The molecule has 0 fully saturated rings. The maximum Gasteiger partial charge on any atom is 0.344 e. The van der Waals surface area contributed by atoms with Crippen LogP contribution in [0.5, 0.6) is 0 Å². The van der Waals surface area contributed by atoms with Crippen LogP contribution in [-0.2, 0) is 4.74 Å². The van der Waals surface area contributed by atoms with Crippen molar-refractivity contribution >= 4 is 49.5 Å². The van der Waals surface area contributed by atoms with Gasteiger partial charge in [-0.05, 0) is 55.0 Å². The number of carbonyl (C=O) groups excluding carboxylic acids is 2. The number of anilines is 1. The Morgan fingerprint density at radius 3 is 2.71 bits per heavy atom. The highest BCUT2D eigenvalue weighted by atomic mass is 32.1. The quantitative estimate of drug-likeness (QED) is 0.269. The number of nitrogens with one attached hydrogen (secondary N) is 1. The van der Waals surface area contributed by atoms with Gasteiger partial charge in [0.1, 0.15) is 5.58 Å². The highest BCUT2D eigenvalue weighted by molar-refractivity contribution is 7.22. The number of para-hydroxylation sites is 1. The molecule has 5 aromatic rings. The van der Waals surface area contributed by atoms with E-state index in [1.807, 2.05) is 12.1 Å². The lowest BCUT2D eigenvalue weighted by atomic mass is 10.0. The Morgan fingerprint density at radius 2 is 1.85 bits per heavy atom. The Bertz CT molecular complexity index is 1620. The minimum Gasteiger partial charge on any atom is -0.462 e. The molecule has 0 aliphatic heterocycles. The highest BCUT2D eigenvalue weighted by Crippen LogP contribution is 2.28. The van der Waals surface area contributed by atoms with Crippen molar-refractivity contribution in [2.24, 2.45) is 0 Å². The molecule has 5 rings (SSSR count). The molecule has 2 heterocycles. The number of carbonyl (C=O) groups is 2. The minimum atomic E-state index is -0.472. The first-order valence-corrected chi connectivity index (χ1v) is 11.4. The smallest absolute Gasteiger partial charge is 0.344 e. The van der Waals surface area contributed by atoms with Crippen molar-refractivity contribution in [1.29, 1.82) is 0 Å². The summed E-state index contributed by atoms with van der Waals surface area (Å²) in [6, 6.07) is 20.8. The monoisotopic (exact) mass is 470 g/mol. The molecule has 0 radical (unpaired) electrons. The molecule has 0 spiro atoms. The maximum atomic E-state index is 12.9. The van der Waals surface area contributed by atoms with E-state index in [2.05, 4.69) is 10.3 Å². The fourth-order valence-corrected chi connectivity index (χ4v) is 4.48. The average molecular weight is 471 g/mol. The van der Waals surface area contributed by atoms with Crippen molar-refractivity contribution in [3.05, 3.63) is 94.3 Å². The van der Waals surface area contributed by atoms with E-state index in [0.717, 1.165) is 10.1 Å². The van der Waals surface area contributed by atoms with Crippen molar-refractivity contribution in [2.45, 2.75) is 6.92 Å². The van der Waals surface area contributed by atoms with Gasteiger partial charge in [-0.3, -0.25) is 10.1 Å². The van der Waals surface area contributed by atoms with Crippen molar-refractivity contribution in [1.82, 2.24) is 4.98 Å². The average Bonchev–Trinajstić information content (AvgIpc) is 3.25. The fourth-order valence-electron chi connectivity index (χ4n) is 3.58. The standard InChI is InChI=1S/C26H18N2O5S/c1-2-32-24(30)18-10-11-20-22(14-18)34-26(27-20)28-23(29)17-8-5-7-15(12-17)19-13-16-6-3-4-9-21(16)33-25(19)31/h3-14H,2H2,1H3,(H,27,28,29). The van der Waals surface area contributed by atoms with E-state index in [1.165, 1.54) is 11.3 Å². The van der Waals surface area contributed by atoms with Crippen LogP contribution in [0.4, 0.5) is 5.13 Å². The SMILES string of the molecule is CCOC(=O)c1ccc2nc(NC(=O)c3cccc(-c4cc5ccccc5oc4=O)c3)sc2c1. The molecular formula is C26H18N2O5S. The Labute approximate surface area is 197 Å². The number of ether oxygens (including phenoxy) is 1. The maximum absolute atomic E-state index is 12.9. The summed E-state index contributed by atoms with van der Waals surface area (Å²) in [4.78, 5) is 41.8. The molecule has 0 unspecified atom stereocenters. The largest absolute Gasteiger partial charge is 0.462 e.